The van der Waals surface area contributed by atoms with Crippen molar-refractivity contribution in [3.05, 3.63) is 28.8 Å². The molecule has 0 unspecified atom stereocenters. The lowest BCUT2D eigenvalue weighted by atomic mass is 10.1. The number of carbonyl (C=O) groups is 1. The normalized spacial score (nSPS) is 9.94. The molecule has 18 heavy (non-hydrogen) atoms. The monoisotopic (exact) mass is 285 g/mol. The van der Waals surface area contributed by atoms with Crippen LogP contribution in [0.15, 0.2) is 18.2 Å². The summed E-state index contributed by atoms with van der Waals surface area (Å²) in [4.78, 5) is 13.6. The van der Waals surface area contributed by atoms with Gasteiger partial charge in [0.15, 0.2) is 0 Å². The number of nitrogens with zero attached hydrogens (tertiary/aromatic N) is 1. The van der Waals surface area contributed by atoms with Crippen molar-refractivity contribution in [3.63, 3.8) is 0 Å². The molecule has 0 aromatic heterocycles. The van der Waals surface area contributed by atoms with Gasteiger partial charge in [0.1, 0.15) is 4.99 Å². The molecule has 1 aromatic rings. The number of carbonyl (C=O) groups excluding carboxylic acids is 1. The molecule has 98 valence electrons. The van der Waals surface area contributed by atoms with Crippen molar-refractivity contribution < 1.29 is 4.79 Å². The number of benzene rings is 1. The molecule has 0 spiro atoms. The van der Waals surface area contributed by atoms with Crippen molar-refractivity contribution in [3.8, 4) is 0 Å². The first-order valence-electron chi connectivity index (χ1n) is 5.55. The van der Waals surface area contributed by atoms with Gasteiger partial charge in [-0.05, 0) is 19.1 Å². The molecule has 6 heteroatoms. The molecular weight excluding hydrogens is 270 g/mol. The molecule has 4 nitrogen and oxygen atoms in total. The van der Waals surface area contributed by atoms with Gasteiger partial charge in [-0.1, -0.05) is 29.9 Å². The Balaban J connectivity index is 3.17. The highest BCUT2D eigenvalue weighted by molar-refractivity contribution is 7.80. The zero-order chi connectivity index (χ0) is 13.7. The predicted molar refractivity (Wildman–Crippen MR) is 79.3 cm³/mol. The van der Waals surface area contributed by atoms with E-state index < -0.39 is 0 Å². The second kappa shape index (κ2) is 6.56. The summed E-state index contributed by atoms with van der Waals surface area (Å²) in [6.45, 7) is 2.85. The summed E-state index contributed by atoms with van der Waals surface area (Å²) < 4.78 is 0. The van der Waals surface area contributed by atoms with Crippen LogP contribution < -0.4 is 16.0 Å². The lowest BCUT2D eigenvalue weighted by Gasteiger charge is -2.25. The van der Waals surface area contributed by atoms with E-state index in [1.165, 1.54) is 0 Å². The van der Waals surface area contributed by atoms with Gasteiger partial charge in [-0.15, -0.1) is 0 Å². The Labute approximate surface area is 117 Å². The van der Waals surface area contributed by atoms with Crippen molar-refractivity contribution in [2.24, 2.45) is 5.73 Å². The smallest absolute Gasteiger partial charge is 0.239 e. The number of amides is 1. The standard InChI is InChI=1S/C12H16ClN3OS/c1-3-16(7-10(17)15-2)9-6-4-5-8(13)11(9)12(14)18/h4-6H,3,7H2,1-2H3,(H2,14,18)(H,15,17). The maximum atomic E-state index is 11.5. The van der Waals surface area contributed by atoms with Crippen LogP contribution in [-0.2, 0) is 4.79 Å². The minimum atomic E-state index is -0.0780. The molecule has 0 saturated carbocycles. The summed E-state index contributed by atoms with van der Waals surface area (Å²) in [6, 6.07) is 5.39. The Kier molecular flexibility index (Phi) is 5.37. The fraction of sp³-hybridized carbons (Fsp3) is 0.333. The fourth-order valence-electron chi connectivity index (χ4n) is 1.64. The van der Waals surface area contributed by atoms with Gasteiger partial charge < -0.3 is 16.0 Å². The summed E-state index contributed by atoms with van der Waals surface area (Å²) in [7, 11) is 1.60. The summed E-state index contributed by atoms with van der Waals surface area (Å²) in [5.41, 5.74) is 7.08. The van der Waals surface area contributed by atoms with Crippen molar-refractivity contribution in [1.82, 2.24) is 5.32 Å². The lowest BCUT2D eigenvalue weighted by molar-refractivity contribution is -0.119. The first-order chi connectivity index (χ1) is 8.51. The highest BCUT2D eigenvalue weighted by Gasteiger charge is 2.16. The van der Waals surface area contributed by atoms with Gasteiger partial charge in [-0.3, -0.25) is 4.79 Å². The lowest BCUT2D eigenvalue weighted by Crippen LogP contribution is -2.36. The number of likely N-dealkylation sites (N-methyl/N-ethyl adjacent to an activating group) is 2. The molecule has 0 radical (unpaired) electrons. The maximum Gasteiger partial charge on any atom is 0.239 e. The largest absolute Gasteiger partial charge is 0.389 e. The third-order valence-electron chi connectivity index (χ3n) is 2.57. The van der Waals surface area contributed by atoms with Crippen LogP contribution in [0.25, 0.3) is 0 Å². The molecule has 1 rings (SSSR count). The molecule has 3 N–H and O–H groups in total. The van der Waals surface area contributed by atoms with Crippen LogP contribution in [-0.4, -0.2) is 31.0 Å². The van der Waals surface area contributed by atoms with Crippen LogP contribution in [0.2, 0.25) is 5.02 Å². The van der Waals surface area contributed by atoms with Gasteiger partial charge >= 0.3 is 0 Å². The van der Waals surface area contributed by atoms with Gasteiger partial charge in [0.2, 0.25) is 5.91 Å². The van der Waals surface area contributed by atoms with Gasteiger partial charge in [0.25, 0.3) is 0 Å². The summed E-state index contributed by atoms with van der Waals surface area (Å²) >= 11 is 11.1. The van der Waals surface area contributed by atoms with E-state index >= 15 is 0 Å². The average molecular weight is 286 g/mol. The Morgan fingerprint density at radius 2 is 2.22 bits per heavy atom. The second-order valence-electron chi connectivity index (χ2n) is 3.69. The number of rotatable bonds is 5. The van der Waals surface area contributed by atoms with Crippen molar-refractivity contribution >= 4 is 40.4 Å². The van der Waals surface area contributed by atoms with Crippen molar-refractivity contribution in [1.29, 1.82) is 0 Å². The third-order valence-corrected chi connectivity index (χ3v) is 3.09. The number of nitrogens with one attached hydrogen (secondary N) is 1. The average Bonchev–Trinajstić information content (AvgIpc) is 2.34. The van der Waals surface area contributed by atoms with E-state index in [0.717, 1.165) is 5.69 Å². The SMILES string of the molecule is CCN(CC(=O)NC)c1cccc(Cl)c1C(N)=S. The summed E-state index contributed by atoms with van der Waals surface area (Å²) in [5, 5.41) is 3.08. The number of thiocarbonyl (C=S) groups is 1. The van der Waals surface area contributed by atoms with E-state index in [1.54, 1.807) is 13.1 Å². The quantitative estimate of drug-likeness (QED) is 0.806. The molecule has 1 amide bonds. The molecular formula is C12H16ClN3OS. The van der Waals surface area contributed by atoms with E-state index in [1.807, 2.05) is 24.0 Å². The van der Waals surface area contributed by atoms with E-state index in [2.05, 4.69) is 5.32 Å². The molecule has 0 aliphatic heterocycles. The Morgan fingerprint density at radius 3 is 2.72 bits per heavy atom. The molecule has 0 atom stereocenters. The van der Waals surface area contributed by atoms with Crippen molar-refractivity contribution in [2.45, 2.75) is 6.92 Å². The van der Waals surface area contributed by atoms with Crippen LogP contribution >= 0.6 is 23.8 Å². The minimum Gasteiger partial charge on any atom is -0.389 e. The van der Waals surface area contributed by atoms with Crippen LogP contribution in [0.1, 0.15) is 12.5 Å². The Morgan fingerprint density at radius 1 is 1.56 bits per heavy atom. The summed E-state index contributed by atoms with van der Waals surface area (Å²) in [6.07, 6.45) is 0. The topological polar surface area (TPSA) is 58.4 Å². The number of anilines is 1. The Hall–Kier alpha value is -1.33. The zero-order valence-electron chi connectivity index (χ0n) is 10.4. The van der Waals surface area contributed by atoms with E-state index in [-0.39, 0.29) is 17.4 Å². The predicted octanol–water partition coefficient (Wildman–Crippen LogP) is 1.55. The van der Waals surface area contributed by atoms with Gasteiger partial charge in [0.05, 0.1) is 17.1 Å². The molecule has 1 aromatic carbocycles. The molecule has 0 saturated heterocycles. The van der Waals surface area contributed by atoms with Crippen molar-refractivity contribution in [2.75, 3.05) is 25.0 Å². The number of nitrogens with two attached hydrogens (primary N) is 1. The van der Waals surface area contributed by atoms with Gasteiger partial charge in [-0.25, -0.2) is 0 Å². The zero-order valence-corrected chi connectivity index (χ0v) is 11.9. The van der Waals surface area contributed by atoms with Crippen LogP contribution in [0.3, 0.4) is 0 Å². The van der Waals surface area contributed by atoms with Gasteiger partial charge in [0, 0.05) is 19.3 Å². The second-order valence-corrected chi connectivity index (χ2v) is 4.53. The molecule has 0 aliphatic carbocycles. The van der Waals surface area contributed by atoms with Crippen LogP contribution in [0.4, 0.5) is 5.69 Å². The van der Waals surface area contributed by atoms with Crippen LogP contribution in [0.5, 0.6) is 0 Å². The summed E-state index contributed by atoms with van der Waals surface area (Å²) in [5.74, 6) is -0.0780. The minimum absolute atomic E-state index is 0.0780. The van der Waals surface area contributed by atoms with Gasteiger partial charge in [-0.2, -0.15) is 0 Å². The first kappa shape index (κ1) is 14.7. The maximum absolute atomic E-state index is 11.5. The first-order valence-corrected chi connectivity index (χ1v) is 6.33. The number of hydrogen-bond acceptors (Lipinski definition) is 3. The third kappa shape index (κ3) is 3.34. The van der Waals surface area contributed by atoms with E-state index in [0.29, 0.717) is 17.1 Å². The van der Waals surface area contributed by atoms with E-state index in [4.69, 9.17) is 29.6 Å². The fourth-order valence-corrected chi connectivity index (χ4v) is 2.18. The van der Waals surface area contributed by atoms with Crippen LogP contribution in [0, 0.1) is 0 Å². The molecule has 0 fully saturated rings. The molecule has 0 bridgehead atoms. The van der Waals surface area contributed by atoms with E-state index in [9.17, 15) is 4.79 Å². The highest BCUT2D eigenvalue weighted by atomic mass is 35.5. The molecule has 0 heterocycles. The Bertz CT molecular complexity index is 465. The number of hydrogen-bond donors (Lipinski definition) is 2. The number of halogens is 1. The highest BCUT2D eigenvalue weighted by Crippen LogP contribution is 2.27. The molecule has 0 aliphatic rings.